The number of nitriles is 1. The fourth-order valence-corrected chi connectivity index (χ4v) is 5.22. The van der Waals surface area contributed by atoms with Crippen molar-refractivity contribution in [3.8, 4) is 6.07 Å². The molecule has 5 rings (SSSR count). The van der Waals surface area contributed by atoms with Crippen molar-refractivity contribution in [1.29, 1.82) is 5.26 Å². The standard InChI is InChI=1S/C28H24N2/c1-7-20(14-29)21-11-12-23-22-10-8-9-15(2)26(22)30-27-17(4)13-16(3)18(5)24(27)19(6)25(21)28(23)30/h7-13H,6H2,1-5H3/b20-7-. The van der Waals surface area contributed by atoms with Gasteiger partial charge in [0.25, 0.3) is 0 Å². The molecule has 0 amide bonds. The first kappa shape index (κ1) is 18.5. The number of para-hydroxylation sites is 1. The molecule has 146 valence electrons. The van der Waals surface area contributed by atoms with Crippen molar-refractivity contribution in [2.75, 3.05) is 0 Å². The van der Waals surface area contributed by atoms with E-state index in [1.807, 2.05) is 13.0 Å². The Morgan fingerprint density at radius 3 is 2.33 bits per heavy atom. The lowest BCUT2D eigenvalue weighted by atomic mass is 9.93. The number of hydrogen-bond donors (Lipinski definition) is 0. The molecular formula is C28H24N2. The zero-order valence-electron chi connectivity index (χ0n) is 18.1. The number of aromatic nitrogens is 1. The highest BCUT2D eigenvalue weighted by Gasteiger charge is 2.21. The molecule has 0 atom stereocenters. The quantitative estimate of drug-likeness (QED) is 0.232. The third kappa shape index (κ3) is 2.13. The van der Waals surface area contributed by atoms with Crippen molar-refractivity contribution in [2.45, 2.75) is 34.6 Å². The van der Waals surface area contributed by atoms with E-state index in [-0.39, 0.29) is 0 Å². The Hall–Kier alpha value is -3.57. The highest BCUT2D eigenvalue weighted by Crippen LogP contribution is 2.39. The summed E-state index contributed by atoms with van der Waals surface area (Å²) in [6.07, 6.45) is 1.90. The number of allylic oxidation sites excluding steroid dienone is 2. The van der Waals surface area contributed by atoms with E-state index >= 15 is 0 Å². The second kappa shape index (κ2) is 6.21. The van der Waals surface area contributed by atoms with Crippen LogP contribution in [0, 0.1) is 39.0 Å². The molecule has 30 heavy (non-hydrogen) atoms. The highest BCUT2D eigenvalue weighted by molar-refractivity contribution is 6.20. The molecule has 0 bridgehead atoms. The zero-order chi connectivity index (χ0) is 21.3. The van der Waals surface area contributed by atoms with E-state index in [0.717, 1.165) is 21.7 Å². The Morgan fingerprint density at radius 2 is 1.63 bits per heavy atom. The second-order valence-electron chi connectivity index (χ2n) is 8.34. The van der Waals surface area contributed by atoms with Gasteiger partial charge >= 0.3 is 0 Å². The molecule has 3 aromatic carbocycles. The first-order valence-electron chi connectivity index (χ1n) is 10.3. The second-order valence-corrected chi connectivity index (χ2v) is 8.34. The third-order valence-corrected chi connectivity index (χ3v) is 6.69. The van der Waals surface area contributed by atoms with Crippen molar-refractivity contribution in [2.24, 2.45) is 0 Å². The van der Waals surface area contributed by atoms with Gasteiger partial charge in [-0.25, -0.2) is 0 Å². The molecule has 5 aromatic rings. The van der Waals surface area contributed by atoms with Gasteiger partial charge in [0.05, 0.1) is 28.2 Å². The van der Waals surface area contributed by atoms with Crippen LogP contribution < -0.4 is 5.22 Å². The van der Waals surface area contributed by atoms with Gasteiger partial charge in [-0.05, 0) is 62.1 Å². The summed E-state index contributed by atoms with van der Waals surface area (Å²) in [6.45, 7) is 15.2. The maximum atomic E-state index is 9.81. The lowest BCUT2D eigenvalue weighted by molar-refractivity contribution is 1.25. The van der Waals surface area contributed by atoms with Crippen LogP contribution in [0.3, 0.4) is 0 Å². The summed E-state index contributed by atoms with van der Waals surface area (Å²) in [6, 6.07) is 15.4. The third-order valence-electron chi connectivity index (χ3n) is 6.69. The van der Waals surface area contributed by atoms with E-state index in [0.29, 0.717) is 5.57 Å². The average molecular weight is 389 g/mol. The molecule has 2 heteroatoms. The first-order valence-corrected chi connectivity index (χ1v) is 10.3. The van der Waals surface area contributed by atoms with E-state index in [4.69, 9.17) is 0 Å². The Kier molecular flexibility index (Phi) is 3.82. The first-order chi connectivity index (χ1) is 14.4. The van der Waals surface area contributed by atoms with Crippen molar-refractivity contribution in [3.05, 3.63) is 75.5 Å². The number of rotatable bonds is 1. The van der Waals surface area contributed by atoms with Crippen molar-refractivity contribution >= 4 is 50.2 Å². The van der Waals surface area contributed by atoms with Crippen LogP contribution in [0.2, 0.25) is 0 Å². The zero-order valence-corrected chi connectivity index (χ0v) is 18.1. The topological polar surface area (TPSA) is 28.2 Å². The van der Waals surface area contributed by atoms with Gasteiger partial charge in [-0.3, -0.25) is 0 Å². The van der Waals surface area contributed by atoms with Crippen LogP contribution in [0.5, 0.6) is 0 Å². The number of fused-ring (bicyclic) bond motifs is 5. The summed E-state index contributed by atoms with van der Waals surface area (Å²) in [5.41, 5.74) is 10.3. The Bertz CT molecular complexity index is 1650. The summed E-state index contributed by atoms with van der Waals surface area (Å²) in [7, 11) is 0. The van der Waals surface area contributed by atoms with E-state index in [1.54, 1.807) is 0 Å². The number of benzene rings is 3. The molecule has 0 radical (unpaired) electrons. The lowest BCUT2D eigenvalue weighted by Gasteiger charge is -2.17. The fourth-order valence-electron chi connectivity index (χ4n) is 5.22. The minimum absolute atomic E-state index is 0.687. The molecule has 2 nitrogen and oxygen atoms in total. The smallest absolute Gasteiger partial charge is 0.0994 e. The average Bonchev–Trinajstić information content (AvgIpc) is 3.06. The fraction of sp³-hybridized carbons (Fsp3) is 0.179. The van der Waals surface area contributed by atoms with Gasteiger partial charge in [0.1, 0.15) is 0 Å². The Morgan fingerprint density at radius 1 is 0.900 bits per heavy atom. The molecule has 2 heterocycles. The monoisotopic (exact) mass is 388 g/mol. The van der Waals surface area contributed by atoms with Crippen molar-refractivity contribution in [1.82, 2.24) is 4.40 Å². The summed E-state index contributed by atoms with van der Waals surface area (Å²) in [5, 5.41) is 15.6. The van der Waals surface area contributed by atoms with Gasteiger partial charge in [-0.2, -0.15) is 5.26 Å². The maximum Gasteiger partial charge on any atom is 0.0994 e. The predicted octanol–water partition coefficient (Wildman–Crippen LogP) is 6.69. The Balaban J connectivity index is 2.30. The van der Waals surface area contributed by atoms with Gasteiger partial charge in [-0.1, -0.05) is 49.1 Å². The SMILES string of the molecule is C=c1c2c(C)c(C)cc(C)c2n2c3c(C)cccc3c3ccc(/C(C#N)=C\C)c1c32. The van der Waals surface area contributed by atoms with E-state index in [9.17, 15) is 5.26 Å². The molecule has 0 aliphatic rings. The number of aryl methyl sites for hydroxylation is 4. The predicted molar refractivity (Wildman–Crippen MR) is 129 cm³/mol. The highest BCUT2D eigenvalue weighted by atomic mass is 14.9. The molecule has 0 fully saturated rings. The summed E-state index contributed by atoms with van der Waals surface area (Å²) in [5.74, 6) is 0. The minimum atomic E-state index is 0.687. The van der Waals surface area contributed by atoms with Crippen LogP contribution in [-0.4, -0.2) is 4.40 Å². The molecule has 0 N–H and O–H groups in total. The van der Waals surface area contributed by atoms with Crippen molar-refractivity contribution < 1.29 is 0 Å². The molecule has 0 aliphatic heterocycles. The van der Waals surface area contributed by atoms with Crippen LogP contribution in [0.15, 0.2) is 42.5 Å². The Labute approximate surface area is 176 Å². The summed E-state index contributed by atoms with van der Waals surface area (Å²) in [4.78, 5) is 0. The molecule has 0 spiro atoms. The summed E-state index contributed by atoms with van der Waals surface area (Å²) < 4.78 is 2.43. The van der Waals surface area contributed by atoms with Crippen molar-refractivity contribution in [3.63, 3.8) is 0 Å². The van der Waals surface area contributed by atoms with Gasteiger partial charge < -0.3 is 4.40 Å². The van der Waals surface area contributed by atoms with Gasteiger partial charge in [0.2, 0.25) is 0 Å². The van der Waals surface area contributed by atoms with Gasteiger partial charge in [0.15, 0.2) is 0 Å². The van der Waals surface area contributed by atoms with Gasteiger partial charge in [-0.15, -0.1) is 0 Å². The van der Waals surface area contributed by atoms with E-state index in [1.165, 1.54) is 49.4 Å². The molecule has 2 aromatic heterocycles. The molecule has 0 saturated heterocycles. The van der Waals surface area contributed by atoms with Crippen LogP contribution >= 0.6 is 0 Å². The molecule has 0 unspecified atom stereocenters. The van der Waals surface area contributed by atoms with E-state index < -0.39 is 0 Å². The van der Waals surface area contributed by atoms with Gasteiger partial charge in [0, 0.05) is 27.1 Å². The minimum Gasteiger partial charge on any atom is -0.307 e. The molecular weight excluding hydrogens is 364 g/mol. The number of hydrogen-bond acceptors (Lipinski definition) is 1. The maximum absolute atomic E-state index is 9.81. The number of nitrogens with zero attached hydrogens (tertiary/aromatic N) is 2. The summed E-state index contributed by atoms with van der Waals surface area (Å²) >= 11 is 0. The normalized spacial score (nSPS) is 12.5. The van der Waals surface area contributed by atoms with Crippen LogP contribution in [0.25, 0.3) is 50.2 Å². The molecule has 0 saturated carbocycles. The molecule has 0 aliphatic carbocycles. The van der Waals surface area contributed by atoms with Crippen LogP contribution in [0.1, 0.15) is 34.7 Å². The number of pyridine rings is 1. The van der Waals surface area contributed by atoms with Crippen LogP contribution in [0.4, 0.5) is 0 Å². The van der Waals surface area contributed by atoms with Crippen LogP contribution in [-0.2, 0) is 0 Å². The lowest BCUT2D eigenvalue weighted by Crippen LogP contribution is -2.11. The largest absolute Gasteiger partial charge is 0.307 e. The van der Waals surface area contributed by atoms with E-state index in [2.05, 4.69) is 81.1 Å².